The standard InChI is InChI=1S/C14H18ClNO2/c15-9-13-7-4-8-16(10-13)14(17)18-11-12-5-2-1-3-6-12/h1-3,5-6,13H,4,7-11H2. The maximum absolute atomic E-state index is 11.9. The van der Waals surface area contributed by atoms with Crippen LogP contribution in [0.2, 0.25) is 0 Å². The van der Waals surface area contributed by atoms with E-state index in [-0.39, 0.29) is 6.09 Å². The first kappa shape index (κ1) is 13.2. The van der Waals surface area contributed by atoms with E-state index in [0.717, 1.165) is 31.5 Å². The van der Waals surface area contributed by atoms with Crippen LogP contribution in [0.15, 0.2) is 30.3 Å². The molecule has 18 heavy (non-hydrogen) atoms. The topological polar surface area (TPSA) is 29.5 Å². The number of alkyl halides is 1. The van der Waals surface area contributed by atoms with Crippen molar-refractivity contribution in [2.75, 3.05) is 19.0 Å². The molecule has 1 aromatic rings. The van der Waals surface area contributed by atoms with Crippen LogP contribution in [0.3, 0.4) is 0 Å². The van der Waals surface area contributed by atoms with E-state index in [1.165, 1.54) is 0 Å². The zero-order valence-electron chi connectivity index (χ0n) is 10.3. The predicted octanol–water partition coefficient (Wildman–Crippen LogP) is 3.27. The first-order valence-electron chi connectivity index (χ1n) is 6.31. The highest BCUT2D eigenvalue weighted by molar-refractivity contribution is 6.18. The van der Waals surface area contributed by atoms with Crippen LogP contribution in [0.4, 0.5) is 4.79 Å². The summed E-state index contributed by atoms with van der Waals surface area (Å²) >= 11 is 5.84. The van der Waals surface area contributed by atoms with Crippen LogP contribution < -0.4 is 0 Å². The van der Waals surface area contributed by atoms with Gasteiger partial charge in [0.05, 0.1) is 0 Å². The van der Waals surface area contributed by atoms with Gasteiger partial charge >= 0.3 is 6.09 Å². The van der Waals surface area contributed by atoms with Crippen LogP contribution in [-0.2, 0) is 11.3 Å². The highest BCUT2D eigenvalue weighted by Gasteiger charge is 2.23. The van der Waals surface area contributed by atoms with Gasteiger partial charge in [0, 0.05) is 19.0 Å². The summed E-state index contributed by atoms with van der Waals surface area (Å²) in [6.45, 7) is 1.83. The molecule has 0 aromatic heterocycles. The summed E-state index contributed by atoms with van der Waals surface area (Å²) in [4.78, 5) is 13.7. The summed E-state index contributed by atoms with van der Waals surface area (Å²) in [7, 11) is 0. The number of carbonyl (C=O) groups is 1. The zero-order valence-corrected chi connectivity index (χ0v) is 11.1. The van der Waals surface area contributed by atoms with Crippen molar-refractivity contribution in [3.63, 3.8) is 0 Å². The van der Waals surface area contributed by atoms with Crippen molar-refractivity contribution >= 4 is 17.7 Å². The van der Waals surface area contributed by atoms with Crippen molar-refractivity contribution in [2.24, 2.45) is 5.92 Å². The van der Waals surface area contributed by atoms with E-state index in [4.69, 9.17) is 16.3 Å². The zero-order chi connectivity index (χ0) is 12.8. The van der Waals surface area contributed by atoms with E-state index in [1.54, 1.807) is 4.90 Å². The molecule has 0 N–H and O–H groups in total. The Balaban J connectivity index is 1.81. The third kappa shape index (κ3) is 3.64. The monoisotopic (exact) mass is 267 g/mol. The first-order valence-corrected chi connectivity index (χ1v) is 6.84. The number of amides is 1. The van der Waals surface area contributed by atoms with Gasteiger partial charge in [-0.25, -0.2) is 4.79 Å². The van der Waals surface area contributed by atoms with Gasteiger partial charge in [-0.05, 0) is 24.3 Å². The summed E-state index contributed by atoms with van der Waals surface area (Å²) < 4.78 is 5.30. The minimum atomic E-state index is -0.228. The number of hydrogen-bond acceptors (Lipinski definition) is 2. The van der Waals surface area contributed by atoms with Gasteiger partial charge in [0.1, 0.15) is 6.61 Å². The van der Waals surface area contributed by atoms with Gasteiger partial charge in [-0.1, -0.05) is 30.3 Å². The van der Waals surface area contributed by atoms with Gasteiger partial charge in [-0.15, -0.1) is 11.6 Å². The summed E-state index contributed by atoms with van der Waals surface area (Å²) in [6.07, 6.45) is 1.89. The summed E-state index contributed by atoms with van der Waals surface area (Å²) in [5, 5.41) is 0. The predicted molar refractivity (Wildman–Crippen MR) is 71.6 cm³/mol. The number of nitrogens with zero attached hydrogens (tertiary/aromatic N) is 1. The molecule has 0 aliphatic carbocycles. The summed E-state index contributed by atoms with van der Waals surface area (Å²) in [6, 6.07) is 9.72. The number of carbonyl (C=O) groups excluding carboxylic acids is 1. The number of likely N-dealkylation sites (tertiary alicyclic amines) is 1. The fourth-order valence-corrected chi connectivity index (χ4v) is 2.42. The molecule has 0 spiro atoms. The van der Waals surface area contributed by atoms with Crippen molar-refractivity contribution in [3.8, 4) is 0 Å². The Hall–Kier alpha value is -1.22. The van der Waals surface area contributed by atoms with E-state index in [9.17, 15) is 4.79 Å². The van der Waals surface area contributed by atoms with E-state index >= 15 is 0 Å². The van der Waals surface area contributed by atoms with Crippen molar-refractivity contribution in [2.45, 2.75) is 19.4 Å². The molecule has 0 bridgehead atoms. The van der Waals surface area contributed by atoms with E-state index in [2.05, 4.69) is 0 Å². The molecule has 1 aliphatic rings. The molecule has 98 valence electrons. The second-order valence-electron chi connectivity index (χ2n) is 4.65. The first-order chi connectivity index (χ1) is 8.79. The average molecular weight is 268 g/mol. The van der Waals surface area contributed by atoms with Crippen molar-refractivity contribution < 1.29 is 9.53 Å². The molecule has 1 unspecified atom stereocenters. The molecule has 4 heteroatoms. The Morgan fingerprint density at radius 1 is 1.39 bits per heavy atom. The lowest BCUT2D eigenvalue weighted by Gasteiger charge is -2.30. The molecule has 1 heterocycles. The molecular formula is C14H18ClNO2. The Bertz CT molecular complexity index is 383. The number of rotatable bonds is 3. The van der Waals surface area contributed by atoms with Crippen LogP contribution in [0.1, 0.15) is 18.4 Å². The Labute approximate surface area is 113 Å². The van der Waals surface area contributed by atoms with E-state index in [1.807, 2.05) is 30.3 Å². The van der Waals surface area contributed by atoms with Crippen molar-refractivity contribution in [1.29, 1.82) is 0 Å². The van der Waals surface area contributed by atoms with Gasteiger partial charge in [0.25, 0.3) is 0 Å². The Morgan fingerprint density at radius 3 is 2.89 bits per heavy atom. The van der Waals surface area contributed by atoms with Gasteiger partial charge in [-0.2, -0.15) is 0 Å². The third-order valence-corrected chi connectivity index (χ3v) is 3.64. The minimum absolute atomic E-state index is 0.228. The number of hydrogen-bond donors (Lipinski definition) is 0. The second-order valence-corrected chi connectivity index (χ2v) is 4.96. The average Bonchev–Trinajstić information content (AvgIpc) is 2.46. The van der Waals surface area contributed by atoms with Crippen molar-refractivity contribution in [1.82, 2.24) is 4.90 Å². The Kier molecular flexibility index (Phi) is 4.88. The SMILES string of the molecule is O=C(OCc1ccccc1)N1CCCC(CCl)C1. The number of piperidine rings is 1. The van der Waals surface area contributed by atoms with Crippen LogP contribution in [0.5, 0.6) is 0 Å². The molecule has 1 saturated heterocycles. The smallest absolute Gasteiger partial charge is 0.410 e. The molecule has 1 fully saturated rings. The summed E-state index contributed by atoms with van der Waals surface area (Å²) in [5.41, 5.74) is 1.01. The van der Waals surface area contributed by atoms with Gasteiger partial charge in [-0.3, -0.25) is 0 Å². The lowest BCUT2D eigenvalue weighted by molar-refractivity contribution is 0.0813. The molecule has 1 aliphatic heterocycles. The number of benzene rings is 1. The molecule has 2 rings (SSSR count). The second kappa shape index (κ2) is 6.64. The van der Waals surface area contributed by atoms with Gasteiger partial charge in [0.15, 0.2) is 0 Å². The molecule has 3 nitrogen and oxygen atoms in total. The molecular weight excluding hydrogens is 250 g/mol. The molecule has 1 aromatic carbocycles. The highest BCUT2D eigenvalue weighted by atomic mass is 35.5. The fourth-order valence-electron chi connectivity index (χ4n) is 2.17. The van der Waals surface area contributed by atoms with E-state index in [0.29, 0.717) is 18.4 Å². The van der Waals surface area contributed by atoms with Gasteiger partial charge < -0.3 is 9.64 Å². The van der Waals surface area contributed by atoms with Crippen LogP contribution in [0, 0.1) is 5.92 Å². The Morgan fingerprint density at radius 2 is 2.17 bits per heavy atom. The number of ether oxygens (including phenoxy) is 1. The summed E-state index contributed by atoms with van der Waals surface area (Å²) in [5.74, 6) is 1.02. The molecule has 0 radical (unpaired) electrons. The molecule has 1 atom stereocenters. The van der Waals surface area contributed by atoms with Crippen molar-refractivity contribution in [3.05, 3.63) is 35.9 Å². The lowest BCUT2D eigenvalue weighted by atomic mass is 10.0. The van der Waals surface area contributed by atoms with Crippen LogP contribution >= 0.6 is 11.6 Å². The van der Waals surface area contributed by atoms with E-state index < -0.39 is 0 Å². The largest absolute Gasteiger partial charge is 0.445 e. The van der Waals surface area contributed by atoms with Gasteiger partial charge in [0.2, 0.25) is 0 Å². The normalized spacial score (nSPS) is 19.6. The quantitative estimate of drug-likeness (QED) is 0.787. The molecule has 0 saturated carbocycles. The third-order valence-electron chi connectivity index (χ3n) is 3.20. The van der Waals surface area contributed by atoms with Crippen LogP contribution in [0.25, 0.3) is 0 Å². The maximum atomic E-state index is 11.9. The van der Waals surface area contributed by atoms with Crippen LogP contribution in [-0.4, -0.2) is 30.0 Å². The highest BCUT2D eigenvalue weighted by Crippen LogP contribution is 2.18. The maximum Gasteiger partial charge on any atom is 0.410 e. The fraction of sp³-hybridized carbons (Fsp3) is 0.500. The number of halogens is 1. The molecule has 1 amide bonds. The lowest BCUT2D eigenvalue weighted by Crippen LogP contribution is -2.40. The minimum Gasteiger partial charge on any atom is -0.445 e.